The molecule has 2 amide bonds. The van der Waals surface area contributed by atoms with Gasteiger partial charge in [0.25, 0.3) is 0 Å². The van der Waals surface area contributed by atoms with Crippen molar-refractivity contribution in [1.82, 2.24) is 0 Å². The standard InChI is InChI=1S/C9H18N2O2/c1-5(2)4-7(9(11)13)6(3)8(10)12/h5-7H,4H2,1-3H3,(H2,10,12)(H2,11,13)/t6-,7+/m0/s1. The van der Waals surface area contributed by atoms with Crippen molar-refractivity contribution in [3.63, 3.8) is 0 Å². The van der Waals surface area contributed by atoms with Gasteiger partial charge in [0.2, 0.25) is 11.8 Å². The Morgan fingerprint density at radius 2 is 1.54 bits per heavy atom. The average Bonchev–Trinajstić information content (AvgIpc) is 1.97. The van der Waals surface area contributed by atoms with E-state index in [9.17, 15) is 9.59 Å². The maximum Gasteiger partial charge on any atom is 0.221 e. The van der Waals surface area contributed by atoms with Crippen LogP contribution in [0.1, 0.15) is 27.2 Å². The molecule has 0 unspecified atom stereocenters. The van der Waals surface area contributed by atoms with Gasteiger partial charge in [-0.15, -0.1) is 0 Å². The van der Waals surface area contributed by atoms with Crippen LogP contribution < -0.4 is 11.5 Å². The number of carbonyl (C=O) groups excluding carboxylic acids is 2. The first-order valence-electron chi connectivity index (χ1n) is 4.44. The first-order chi connectivity index (χ1) is 5.86. The molecule has 4 N–H and O–H groups in total. The van der Waals surface area contributed by atoms with Gasteiger partial charge in [-0.3, -0.25) is 9.59 Å². The zero-order chi connectivity index (χ0) is 10.6. The van der Waals surface area contributed by atoms with Gasteiger partial charge in [-0.1, -0.05) is 20.8 Å². The van der Waals surface area contributed by atoms with Crippen LogP contribution in [0, 0.1) is 17.8 Å². The Balaban J connectivity index is 4.42. The molecule has 0 aromatic rings. The van der Waals surface area contributed by atoms with Crippen molar-refractivity contribution in [3.8, 4) is 0 Å². The van der Waals surface area contributed by atoms with Crippen LogP contribution in [0.5, 0.6) is 0 Å². The largest absolute Gasteiger partial charge is 0.369 e. The second-order valence-corrected chi connectivity index (χ2v) is 3.83. The first-order valence-corrected chi connectivity index (χ1v) is 4.44. The zero-order valence-corrected chi connectivity index (χ0v) is 8.41. The highest BCUT2D eigenvalue weighted by Crippen LogP contribution is 2.19. The fraction of sp³-hybridized carbons (Fsp3) is 0.778. The summed E-state index contributed by atoms with van der Waals surface area (Å²) in [6.45, 7) is 5.59. The van der Waals surface area contributed by atoms with E-state index in [0.29, 0.717) is 12.3 Å². The van der Waals surface area contributed by atoms with E-state index < -0.39 is 23.7 Å². The Hall–Kier alpha value is -1.06. The number of primary amides is 2. The van der Waals surface area contributed by atoms with Gasteiger partial charge in [0.15, 0.2) is 0 Å². The smallest absolute Gasteiger partial charge is 0.221 e. The molecule has 0 aliphatic carbocycles. The summed E-state index contributed by atoms with van der Waals surface area (Å²) < 4.78 is 0. The molecule has 0 aliphatic heterocycles. The summed E-state index contributed by atoms with van der Waals surface area (Å²) in [6.07, 6.45) is 0.611. The lowest BCUT2D eigenvalue weighted by Crippen LogP contribution is -2.36. The van der Waals surface area contributed by atoms with Crippen LogP contribution in [0.4, 0.5) is 0 Å². The molecule has 2 atom stereocenters. The topological polar surface area (TPSA) is 86.2 Å². The third-order valence-corrected chi connectivity index (χ3v) is 2.14. The number of carbonyl (C=O) groups is 2. The average molecular weight is 186 g/mol. The van der Waals surface area contributed by atoms with Gasteiger partial charge in [0.05, 0.1) is 0 Å². The minimum absolute atomic E-state index is 0.333. The molecule has 0 aromatic carbocycles. The minimum Gasteiger partial charge on any atom is -0.369 e. The number of hydrogen-bond donors (Lipinski definition) is 2. The molecular formula is C9H18N2O2. The fourth-order valence-corrected chi connectivity index (χ4v) is 1.27. The minimum atomic E-state index is -0.472. The Bertz CT molecular complexity index is 202. The molecule has 0 aliphatic rings. The van der Waals surface area contributed by atoms with Gasteiger partial charge < -0.3 is 11.5 Å². The van der Waals surface area contributed by atoms with E-state index in [4.69, 9.17) is 11.5 Å². The van der Waals surface area contributed by atoms with Gasteiger partial charge in [-0.05, 0) is 12.3 Å². The maximum absolute atomic E-state index is 11.0. The van der Waals surface area contributed by atoms with Gasteiger partial charge in [-0.2, -0.15) is 0 Å². The summed E-state index contributed by atoms with van der Waals surface area (Å²) in [4.78, 5) is 21.8. The molecule has 0 aromatic heterocycles. The maximum atomic E-state index is 11.0. The van der Waals surface area contributed by atoms with E-state index in [1.54, 1.807) is 6.92 Å². The van der Waals surface area contributed by atoms with Crippen LogP contribution in [0.25, 0.3) is 0 Å². The van der Waals surface area contributed by atoms with Crippen LogP contribution in [0.2, 0.25) is 0 Å². The first kappa shape index (κ1) is 11.9. The van der Waals surface area contributed by atoms with E-state index >= 15 is 0 Å². The van der Waals surface area contributed by atoms with Crippen molar-refractivity contribution in [1.29, 1.82) is 0 Å². The normalized spacial score (nSPS) is 15.4. The Labute approximate surface area is 78.7 Å². The van der Waals surface area contributed by atoms with Crippen molar-refractivity contribution < 1.29 is 9.59 Å². The van der Waals surface area contributed by atoms with Crippen molar-refractivity contribution in [2.24, 2.45) is 29.2 Å². The van der Waals surface area contributed by atoms with E-state index in [1.807, 2.05) is 13.8 Å². The van der Waals surface area contributed by atoms with E-state index in [0.717, 1.165) is 0 Å². The Kier molecular flexibility index (Phi) is 4.45. The number of amides is 2. The van der Waals surface area contributed by atoms with E-state index in [-0.39, 0.29) is 0 Å². The number of nitrogens with two attached hydrogens (primary N) is 2. The quantitative estimate of drug-likeness (QED) is 0.645. The van der Waals surface area contributed by atoms with Crippen molar-refractivity contribution >= 4 is 11.8 Å². The molecular weight excluding hydrogens is 168 g/mol. The molecule has 0 saturated carbocycles. The number of hydrogen-bond acceptors (Lipinski definition) is 2. The molecule has 0 fully saturated rings. The molecule has 76 valence electrons. The Morgan fingerprint density at radius 3 is 1.77 bits per heavy atom. The predicted octanol–water partition coefficient (Wildman–Crippen LogP) is 0.255. The van der Waals surface area contributed by atoms with Crippen LogP contribution in [0.3, 0.4) is 0 Å². The molecule has 4 nitrogen and oxygen atoms in total. The summed E-state index contributed by atoms with van der Waals surface area (Å²) in [7, 11) is 0. The van der Waals surface area contributed by atoms with Crippen LogP contribution >= 0.6 is 0 Å². The molecule has 13 heavy (non-hydrogen) atoms. The lowest BCUT2D eigenvalue weighted by atomic mass is 9.85. The second-order valence-electron chi connectivity index (χ2n) is 3.83. The second kappa shape index (κ2) is 4.84. The molecule has 4 heteroatoms. The highest BCUT2D eigenvalue weighted by Gasteiger charge is 2.27. The predicted molar refractivity (Wildman–Crippen MR) is 50.5 cm³/mol. The molecule has 0 heterocycles. The molecule has 0 bridgehead atoms. The van der Waals surface area contributed by atoms with Crippen LogP contribution in [-0.2, 0) is 9.59 Å². The third-order valence-electron chi connectivity index (χ3n) is 2.14. The summed E-state index contributed by atoms with van der Waals surface area (Å²) in [5, 5.41) is 0. The van der Waals surface area contributed by atoms with E-state index in [2.05, 4.69) is 0 Å². The van der Waals surface area contributed by atoms with Gasteiger partial charge >= 0.3 is 0 Å². The highest BCUT2D eigenvalue weighted by atomic mass is 16.2. The molecule has 0 spiro atoms. The van der Waals surface area contributed by atoms with Gasteiger partial charge in [0, 0.05) is 11.8 Å². The molecule has 0 radical (unpaired) electrons. The lowest BCUT2D eigenvalue weighted by molar-refractivity contribution is -0.131. The van der Waals surface area contributed by atoms with Crippen molar-refractivity contribution in [3.05, 3.63) is 0 Å². The highest BCUT2D eigenvalue weighted by molar-refractivity contribution is 5.85. The third kappa shape index (κ3) is 3.92. The SMILES string of the molecule is CC(C)C[C@@H](C(N)=O)[C@H](C)C(N)=O. The summed E-state index contributed by atoms with van der Waals surface area (Å²) in [5.41, 5.74) is 10.3. The Morgan fingerprint density at radius 1 is 1.08 bits per heavy atom. The summed E-state index contributed by atoms with van der Waals surface area (Å²) in [5.74, 6) is -1.49. The molecule has 0 saturated heterocycles. The summed E-state index contributed by atoms with van der Waals surface area (Å²) >= 11 is 0. The molecule has 0 rings (SSSR count). The number of rotatable bonds is 5. The summed E-state index contributed by atoms with van der Waals surface area (Å²) in [6, 6.07) is 0. The zero-order valence-electron chi connectivity index (χ0n) is 8.41. The van der Waals surface area contributed by atoms with Gasteiger partial charge in [-0.25, -0.2) is 0 Å². The van der Waals surface area contributed by atoms with Crippen LogP contribution in [0.15, 0.2) is 0 Å². The lowest BCUT2D eigenvalue weighted by Gasteiger charge is -2.19. The van der Waals surface area contributed by atoms with Crippen molar-refractivity contribution in [2.75, 3.05) is 0 Å². The fourth-order valence-electron chi connectivity index (χ4n) is 1.27. The monoisotopic (exact) mass is 186 g/mol. The van der Waals surface area contributed by atoms with Gasteiger partial charge in [0.1, 0.15) is 0 Å². The van der Waals surface area contributed by atoms with E-state index in [1.165, 1.54) is 0 Å². The van der Waals surface area contributed by atoms with Crippen molar-refractivity contribution in [2.45, 2.75) is 27.2 Å². The van der Waals surface area contributed by atoms with Crippen LogP contribution in [-0.4, -0.2) is 11.8 Å².